The highest BCUT2D eigenvalue weighted by atomic mass is 19.4. The van der Waals surface area contributed by atoms with Crippen molar-refractivity contribution in [2.24, 2.45) is 11.8 Å². The fourth-order valence-electron chi connectivity index (χ4n) is 4.43. The minimum Gasteiger partial charge on any atom is -0.475 e. The summed E-state index contributed by atoms with van der Waals surface area (Å²) in [7, 11) is 0. The van der Waals surface area contributed by atoms with Crippen molar-refractivity contribution < 1.29 is 22.7 Å². The molecule has 0 spiro atoms. The van der Waals surface area contributed by atoms with Crippen LogP contribution in [0.15, 0.2) is 48.9 Å². The van der Waals surface area contributed by atoms with Gasteiger partial charge < -0.3 is 9.64 Å². The van der Waals surface area contributed by atoms with E-state index in [4.69, 9.17) is 4.74 Å². The maximum absolute atomic E-state index is 13.7. The predicted octanol–water partition coefficient (Wildman–Crippen LogP) is 4.19. The molecule has 2 fully saturated rings. The molecule has 2 aliphatic rings. The van der Waals surface area contributed by atoms with E-state index in [0.29, 0.717) is 35.5 Å². The SMILES string of the molecule is Cc1ccc(-c2ncccn2)c(C(=O)N2C[C@@H]3C[C@@H]3C[C@H]2COc2cc(C(F)(F)F)ccn2)n1. The third-order valence-corrected chi connectivity index (χ3v) is 6.31. The molecule has 0 aromatic carbocycles. The number of pyridine rings is 2. The van der Waals surface area contributed by atoms with Crippen LogP contribution in [0.4, 0.5) is 13.2 Å². The van der Waals surface area contributed by atoms with Crippen LogP contribution in [0.2, 0.25) is 0 Å². The number of fused-ring (bicyclic) bond motifs is 1. The van der Waals surface area contributed by atoms with Crippen LogP contribution in [-0.4, -0.2) is 49.9 Å². The number of ether oxygens (including phenoxy) is 1. The van der Waals surface area contributed by atoms with E-state index in [9.17, 15) is 18.0 Å². The van der Waals surface area contributed by atoms with Crippen molar-refractivity contribution in [3.63, 3.8) is 0 Å². The summed E-state index contributed by atoms with van der Waals surface area (Å²) in [5.74, 6) is 0.942. The lowest BCUT2D eigenvalue weighted by molar-refractivity contribution is -0.137. The van der Waals surface area contributed by atoms with Gasteiger partial charge in [0.25, 0.3) is 5.91 Å². The lowest BCUT2D eigenvalue weighted by atomic mass is 10.0. The van der Waals surface area contributed by atoms with Crippen molar-refractivity contribution in [3.8, 4) is 17.3 Å². The fraction of sp³-hybridized carbons (Fsp3) is 0.375. The Kier molecular flexibility index (Phi) is 5.66. The van der Waals surface area contributed by atoms with Crippen LogP contribution >= 0.6 is 0 Å². The normalized spacial score (nSPS) is 21.6. The molecule has 0 unspecified atom stereocenters. The molecule has 4 heterocycles. The molecule has 0 bridgehead atoms. The van der Waals surface area contributed by atoms with E-state index in [1.165, 1.54) is 0 Å². The van der Waals surface area contributed by atoms with Gasteiger partial charge in [-0.15, -0.1) is 0 Å². The number of amides is 1. The first-order valence-corrected chi connectivity index (χ1v) is 11.0. The molecular formula is C24H22F3N5O2. The second-order valence-electron chi connectivity index (χ2n) is 8.72. The van der Waals surface area contributed by atoms with Crippen molar-refractivity contribution in [2.75, 3.05) is 13.2 Å². The van der Waals surface area contributed by atoms with E-state index in [1.54, 1.807) is 42.4 Å². The summed E-state index contributed by atoms with van der Waals surface area (Å²) < 4.78 is 44.7. The maximum atomic E-state index is 13.7. The van der Waals surface area contributed by atoms with Crippen LogP contribution in [-0.2, 0) is 6.18 Å². The molecule has 0 N–H and O–H groups in total. The van der Waals surface area contributed by atoms with Crippen molar-refractivity contribution in [1.82, 2.24) is 24.8 Å². The average molecular weight is 469 g/mol. The number of rotatable bonds is 5. The molecule has 5 rings (SSSR count). The lowest BCUT2D eigenvalue weighted by Crippen LogP contribution is -2.48. The van der Waals surface area contributed by atoms with E-state index < -0.39 is 11.7 Å². The van der Waals surface area contributed by atoms with Crippen molar-refractivity contribution in [2.45, 2.75) is 32.0 Å². The van der Waals surface area contributed by atoms with Gasteiger partial charge in [-0.05, 0) is 55.9 Å². The zero-order valence-electron chi connectivity index (χ0n) is 18.4. The number of halogens is 3. The van der Waals surface area contributed by atoms with Gasteiger partial charge in [0.15, 0.2) is 5.82 Å². The molecule has 1 aliphatic heterocycles. The Morgan fingerprint density at radius 2 is 1.88 bits per heavy atom. The Bertz CT molecular complexity index is 1200. The second-order valence-corrected chi connectivity index (χ2v) is 8.72. The maximum Gasteiger partial charge on any atom is 0.416 e. The third kappa shape index (κ3) is 4.57. The molecule has 1 amide bonds. The number of aromatic nitrogens is 4. The van der Waals surface area contributed by atoms with Gasteiger partial charge in [-0.25, -0.2) is 19.9 Å². The van der Waals surface area contributed by atoms with Gasteiger partial charge in [0, 0.05) is 36.9 Å². The van der Waals surface area contributed by atoms with Gasteiger partial charge in [0.05, 0.1) is 17.2 Å². The van der Waals surface area contributed by atoms with Crippen LogP contribution in [0, 0.1) is 18.8 Å². The number of hydrogen-bond acceptors (Lipinski definition) is 6. The first-order chi connectivity index (χ1) is 16.3. The number of nitrogens with zero attached hydrogens (tertiary/aromatic N) is 5. The molecule has 34 heavy (non-hydrogen) atoms. The Balaban J connectivity index is 1.40. The van der Waals surface area contributed by atoms with Gasteiger partial charge in [0.2, 0.25) is 5.88 Å². The Morgan fingerprint density at radius 1 is 1.09 bits per heavy atom. The number of piperidine rings is 1. The first kappa shape index (κ1) is 22.2. The van der Waals surface area contributed by atoms with Gasteiger partial charge >= 0.3 is 6.18 Å². The largest absolute Gasteiger partial charge is 0.475 e. The smallest absolute Gasteiger partial charge is 0.416 e. The summed E-state index contributed by atoms with van der Waals surface area (Å²) in [6, 6.07) is 6.75. The topological polar surface area (TPSA) is 81.1 Å². The van der Waals surface area contributed by atoms with Crippen molar-refractivity contribution in [1.29, 1.82) is 0 Å². The van der Waals surface area contributed by atoms with E-state index in [2.05, 4.69) is 19.9 Å². The number of alkyl halides is 3. The van der Waals surface area contributed by atoms with E-state index in [1.807, 2.05) is 0 Å². The summed E-state index contributed by atoms with van der Waals surface area (Å²) in [5, 5.41) is 0. The molecule has 1 saturated carbocycles. The van der Waals surface area contributed by atoms with Crippen LogP contribution in [0.25, 0.3) is 11.4 Å². The first-order valence-electron chi connectivity index (χ1n) is 11.0. The average Bonchev–Trinajstić information content (AvgIpc) is 3.60. The number of hydrogen-bond donors (Lipinski definition) is 0. The van der Waals surface area contributed by atoms with E-state index >= 15 is 0 Å². The van der Waals surface area contributed by atoms with Gasteiger partial charge in [-0.1, -0.05) is 0 Å². The highest BCUT2D eigenvalue weighted by molar-refractivity contribution is 5.98. The molecule has 0 radical (unpaired) electrons. The summed E-state index contributed by atoms with van der Waals surface area (Å²) in [5.41, 5.74) is 0.652. The number of aryl methyl sites for hydroxylation is 1. The van der Waals surface area contributed by atoms with Crippen molar-refractivity contribution in [3.05, 3.63) is 65.9 Å². The Labute approximate surface area is 194 Å². The van der Waals surface area contributed by atoms with Crippen LogP contribution in [0.1, 0.15) is 34.6 Å². The Hall–Kier alpha value is -3.56. The van der Waals surface area contributed by atoms with Gasteiger partial charge in [-0.3, -0.25) is 4.79 Å². The van der Waals surface area contributed by atoms with E-state index in [0.717, 1.165) is 31.2 Å². The van der Waals surface area contributed by atoms with Crippen LogP contribution in [0.3, 0.4) is 0 Å². The van der Waals surface area contributed by atoms with E-state index in [-0.39, 0.29) is 30.1 Å². The minimum atomic E-state index is -4.48. The van der Waals surface area contributed by atoms with Crippen LogP contribution < -0.4 is 4.74 Å². The van der Waals surface area contributed by atoms with Gasteiger partial charge in [0.1, 0.15) is 12.3 Å². The minimum absolute atomic E-state index is 0.0479. The van der Waals surface area contributed by atoms with Crippen molar-refractivity contribution >= 4 is 5.91 Å². The van der Waals surface area contributed by atoms with Gasteiger partial charge in [-0.2, -0.15) is 13.2 Å². The highest BCUT2D eigenvalue weighted by Gasteiger charge is 2.48. The molecule has 7 nitrogen and oxygen atoms in total. The zero-order valence-corrected chi connectivity index (χ0v) is 18.4. The summed E-state index contributed by atoms with van der Waals surface area (Å²) >= 11 is 0. The lowest BCUT2D eigenvalue weighted by Gasteiger charge is -2.35. The summed E-state index contributed by atoms with van der Waals surface area (Å²) in [6.07, 6.45) is 1.54. The monoisotopic (exact) mass is 469 g/mol. The predicted molar refractivity (Wildman–Crippen MR) is 116 cm³/mol. The molecular weight excluding hydrogens is 447 g/mol. The molecule has 3 aromatic heterocycles. The second kappa shape index (κ2) is 8.66. The standard InChI is InChI=1S/C24H22F3N5O2/c1-14-3-4-19(22-29-6-2-7-30-22)21(31-14)23(33)32-12-16-9-15(16)10-18(32)13-34-20-11-17(5-8-28-20)24(25,26)27/h2-8,11,15-16,18H,9-10,12-13H2,1H3/t15-,16+,18+/m1/s1. The molecule has 1 aliphatic carbocycles. The molecule has 10 heteroatoms. The summed E-state index contributed by atoms with van der Waals surface area (Å²) in [6.45, 7) is 2.41. The molecule has 1 saturated heterocycles. The third-order valence-electron chi connectivity index (χ3n) is 6.31. The summed E-state index contributed by atoms with van der Waals surface area (Å²) in [4.78, 5) is 32.4. The molecule has 3 atom stereocenters. The number of carbonyl (C=O) groups excluding carboxylic acids is 1. The molecule has 3 aromatic rings. The Morgan fingerprint density at radius 3 is 2.65 bits per heavy atom. The quantitative estimate of drug-likeness (QED) is 0.558. The number of likely N-dealkylation sites (tertiary alicyclic amines) is 1. The zero-order chi connectivity index (χ0) is 23.9. The highest BCUT2D eigenvalue weighted by Crippen LogP contribution is 2.47. The number of carbonyl (C=O) groups is 1. The fourth-order valence-corrected chi connectivity index (χ4v) is 4.43. The molecule has 176 valence electrons. The van der Waals surface area contributed by atoms with Crippen LogP contribution in [0.5, 0.6) is 5.88 Å².